The van der Waals surface area contributed by atoms with Gasteiger partial charge in [-0.05, 0) is 33.2 Å². The van der Waals surface area contributed by atoms with Gasteiger partial charge in [0.05, 0.1) is 11.9 Å². The molecule has 84 valence electrons. The van der Waals surface area contributed by atoms with Gasteiger partial charge in [0.2, 0.25) is 0 Å². The van der Waals surface area contributed by atoms with Crippen molar-refractivity contribution in [2.45, 2.75) is 13.0 Å². The number of nitrogens with zero attached hydrogens (tertiary/aromatic N) is 2. The highest BCUT2D eigenvalue weighted by atomic mass is 16.5. The summed E-state index contributed by atoms with van der Waals surface area (Å²) in [5.41, 5.74) is 6.58. The zero-order valence-corrected chi connectivity index (χ0v) is 9.60. The fourth-order valence-electron chi connectivity index (χ4n) is 1.09. The van der Waals surface area contributed by atoms with E-state index < -0.39 is 0 Å². The summed E-state index contributed by atoms with van der Waals surface area (Å²) in [6.07, 6.45) is 1.72. The van der Waals surface area contributed by atoms with Crippen LogP contribution in [-0.2, 0) is 0 Å². The van der Waals surface area contributed by atoms with E-state index in [2.05, 4.69) is 9.88 Å². The van der Waals surface area contributed by atoms with Gasteiger partial charge in [0.25, 0.3) is 0 Å². The van der Waals surface area contributed by atoms with Gasteiger partial charge < -0.3 is 15.4 Å². The van der Waals surface area contributed by atoms with Gasteiger partial charge in [0.15, 0.2) is 0 Å². The summed E-state index contributed by atoms with van der Waals surface area (Å²) in [7, 11) is 4.03. The number of aromatic nitrogens is 1. The summed E-state index contributed by atoms with van der Waals surface area (Å²) in [4.78, 5) is 6.29. The molecule has 0 bridgehead atoms. The molecule has 4 nitrogen and oxygen atoms in total. The van der Waals surface area contributed by atoms with Crippen molar-refractivity contribution in [1.29, 1.82) is 0 Å². The van der Waals surface area contributed by atoms with E-state index in [9.17, 15) is 0 Å². The van der Waals surface area contributed by atoms with Gasteiger partial charge in [-0.15, -0.1) is 0 Å². The first-order valence-electron chi connectivity index (χ1n) is 5.08. The van der Waals surface area contributed by atoms with E-state index in [4.69, 9.17) is 10.5 Å². The summed E-state index contributed by atoms with van der Waals surface area (Å²) in [6.45, 7) is 3.48. The van der Waals surface area contributed by atoms with E-state index in [1.807, 2.05) is 33.2 Å². The number of hydrogen-bond donors (Lipinski definition) is 1. The lowest BCUT2D eigenvalue weighted by Crippen LogP contribution is -2.19. The van der Waals surface area contributed by atoms with Crippen LogP contribution in [0.2, 0.25) is 0 Å². The van der Waals surface area contributed by atoms with Gasteiger partial charge in [-0.1, -0.05) is 0 Å². The maximum atomic E-state index is 5.69. The molecule has 1 unspecified atom stereocenters. The van der Waals surface area contributed by atoms with Crippen molar-refractivity contribution in [3.05, 3.63) is 24.0 Å². The summed E-state index contributed by atoms with van der Waals surface area (Å²) < 4.78 is 5.51. The Hall–Kier alpha value is -1.13. The van der Waals surface area contributed by atoms with E-state index in [0.717, 1.165) is 18.0 Å². The third-order valence-electron chi connectivity index (χ3n) is 2.03. The summed E-state index contributed by atoms with van der Waals surface area (Å²) >= 11 is 0. The van der Waals surface area contributed by atoms with Gasteiger partial charge in [-0.25, -0.2) is 0 Å². The molecule has 15 heavy (non-hydrogen) atoms. The fraction of sp³-hybridized carbons (Fsp3) is 0.545. The molecule has 0 radical (unpaired) electrons. The molecule has 0 aliphatic carbocycles. The minimum atomic E-state index is -0.0270. The minimum Gasteiger partial charge on any atom is -0.491 e. The molecule has 0 saturated carbocycles. The van der Waals surface area contributed by atoms with Crippen LogP contribution in [0.5, 0.6) is 5.75 Å². The van der Waals surface area contributed by atoms with Crippen molar-refractivity contribution in [3.8, 4) is 5.75 Å². The Kier molecular flexibility index (Phi) is 4.52. The zero-order chi connectivity index (χ0) is 11.3. The smallest absolute Gasteiger partial charge is 0.137 e. The molecule has 0 saturated heterocycles. The van der Waals surface area contributed by atoms with E-state index in [-0.39, 0.29) is 6.04 Å². The van der Waals surface area contributed by atoms with Gasteiger partial charge in [0.1, 0.15) is 12.4 Å². The highest BCUT2D eigenvalue weighted by molar-refractivity contribution is 5.21. The second-order valence-electron chi connectivity index (χ2n) is 3.86. The second-order valence-corrected chi connectivity index (χ2v) is 3.86. The Morgan fingerprint density at radius 2 is 2.20 bits per heavy atom. The number of rotatable bonds is 5. The van der Waals surface area contributed by atoms with E-state index in [0.29, 0.717) is 6.61 Å². The predicted octanol–water partition coefficient (Wildman–Crippen LogP) is 1.04. The maximum absolute atomic E-state index is 5.69. The molecule has 0 aliphatic rings. The van der Waals surface area contributed by atoms with Crippen molar-refractivity contribution < 1.29 is 4.74 Å². The molecule has 0 aromatic carbocycles. The standard InChI is InChI=1S/C11H19N3O/c1-9(12)11-5-4-10(8-13-11)15-7-6-14(2)3/h4-5,8-9H,6-7,12H2,1-3H3. The molecule has 2 N–H and O–H groups in total. The molecule has 1 aromatic rings. The van der Waals surface area contributed by atoms with Gasteiger partial charge in [0, 0.05) is 12.6 Å². The normalized spacial score (nSPS) is 12.9. The van der Waals surface area contributed by atoms with Crippen LogP contribution in [0, 0.1) is 0 Å². The number of hydrogen-bond acceptors (Lipinski definition) is 4. The third kappa shape index (κ3) is 4.27. The van der Waals surface area contributed by atoms with Crippen molar-refractivity contribution in [2.75, 3.05) is 27.2 Å². The first-order valence-corrected chi connectivity index (χ1v) is 5.08. The first-order chi connectivity index (χ1) is 7.09. The van der Waals surface area contributed by atoms with Crippen LogP contribution < -0.4 is 10.5 Å². The number of nitrogens with two attached hydrogens (primary N) is 1. The van der Waals surface area contributed by atoms with Crippen LogP contribution in [0.1, 0.15) is 18.7 Å². The van der Waals surface area contributed by atoms with Crippen LogP contribution in [0.4, 0.5) is 0 Å². The minimum absolute atomic E-state index is 0.0270. The molecule has 0 spiro atoms. The quantitative estimate of drug-likeness (QED) is 0.787. The monoisotopic (exact) mass is 209 g/mol. The highest BCUT2D eigenvalue weighted by Crippen LogP contribution is 2.12. The van der Waals surface area contributed by atoms with Crippen LogP contribution in [-0.4, -0.2) is 37.1 Å². The first kappa shape index (κ1) is 11.9. The number of pyridine rings is 1. The molecule has 0 aliphatic heterocycles. The Labute approximate surface area is 91.1 Å². The van der Waals surface area contributed by atoms with Gasteiger partial charge >= 0.3 is 0 Å². The fourth-order valence-corrected chi connectivity index (χ4v) is 1.09. The summed E-state index contributed by atoms with van der Waals surface area (Å²) in [5.74, 6) is 0.793. The molecule has 0 amide bonds. The highest BCUT2D eigenvalue weighted by Gasteiger charge is 2.01. The van der Waals surface area contributed by atoms with Gasteiger partial charge in [-0.2, -0.15) is 0 Å². The second kappa shape index (κ2) is 5.68. The predicted molar refractivity (Wildman–Crippen MR) is 60.9 cm³/mol. The van der Waals surface area contributed by atoms with Crippen LogP contribution >= 0.6 is 0 Å². The molecule has 1 rings (SSSR count). The molecule has 0 fully saturated rings. The molecular weight excluding hydrogens is 190 g/mol. The number of likely N-dealkylation sites (N-methyl/N-ethyl adjacent to an activating group) is 1. The van der Waals surface area contributed by atoms with Gasteiger partial charge in [-0.3, -0.25) is 4.98 Å². The Bertz CT molecular complexity index is 282. The van der Waals surface area contributed by atoms with Crippen molar-refractivity contribution >= 4 is 0 Å². The Morgan fingerprint density at radius 3 is 2.67 bits per heavy atom. The van der Waals surface area contributed by atoms with Crippen LogP contribution in [0.15, 0.2) is 18.3 Å². The lowest BCUT2D eigenvalue weighted by atomic mass is 10.2. The van der Waals surface area contributed by atoms with Crippen molar-refractivity contribution in [1.82, 2.24) is 9.88 Å². The Morgan fingerprint density at radius 1 is 1.47 bits per heavy atom. The van der Waals surface area contributed by atoms with E-state index >= 15 is 0 Å². The lowest BCUT2D eigenvalue weighted by Gasteiger charge is -2.11. The maximum Gasteiger partial charge on any atom is 0.137 e. The average molecular weight is 209 g/mol. The van der Waals surface area contributed by atoms with E-state index in [1.54, 1.807) is 6.20 Å². The molecule has 1 atom stereocenters. The third-order valence-corrected chi connectivity index (χ3v) is 2.03. The van der Waals surface area contributed by atoms with Crippen LogP contribution in [0.25, 0.3) is 0 Å². The number of ether oxygens (including phenoxy) is 1. The van der Waals surface area contributed by atoms with Crippen molar-refractivity contribution in [3.63, 3.8) is 0 Å². The summed E-state index contributed by atoms with van der Waals surface area (Å²) in [6, 6.07) is 3.78. The molecular formula is C11H19N3O. The lowest BCUT2D eigenvalue weighted by molar-refractivity contribution is 0.260. The Balaban J connectivity index is 2.43. The molecule has 1 heterocycles. The summed E-state index contributed by atoms with van der Waals surface area (Å²) in [5, 5.41) is 0. The largest absolute Gasteiger partial charge is 0.491 e. The molecule has 1 aromatic heterocycles. The van der Waals surface area contributed by atoms with Crippen molar-refractivity contribution in [2.24, 2.45) is 5.73 Å². The SMILES string of the molecule is CC(N)c1ccc(OCCN(C)C)cn1. The van der Waals surface area contributed by atoms with E-state index in [1.165, 1.54) is 0 Å². The average Bonchev–Trinajstić information content (AvgIpc) is 2.18. The topological polar surface area (TPSA) is 51.4 Å². The van der Waals surface area contributed by atoms with Crippen LogP contribution in [0.3, 0.4) is 0 Å². The zero-order valence-electron chi connectivity index (χ0n) is 9.60. The molecule has 4 heteroatoms.